The Labute approximate surface area is 214 Å². The Morgan fingerprint density at radius 2 is 0.833 bits per heavy atom. The average molecular weight is 539 g/mol. The number of methoxy groups -OCH3 is 2. The first kappa shape index (κ1) is 30.0. The van der Waals surface area contributed by atoms with E-state index in [0.717, 1.165) is 0 Å². The van der Waals surface area contributed by atoms with Crippen molar-refractivity contribution >= 4 is 47.8 Å². The number of benzene rings is 2. The maximum Gasteiger partial charge on any atom is 0.343 e. The van der Waals surface area contributed by atoms with Gasteiger partial charge in [-0.1, -0.05) is 60.7 Å². The fourth-order valence-corrected chi connectivity index (χ4v) is 10.3. The van der Waals surface area contributed by atoms with Crippen LogP contribution in [0.1, 0.15) is 27.7 Å². The summed E-state index contributed by atoms with van der Waals surface area (Å²) in [7, 11) is -4.40. The highest BCUT2D eigenvalue weighted by molar-refractivity contribution is 7.86. The van der Waals surface area contributed by atoms with E-state index in [1.807, 2.05) is 36.4 Å². The van der Waals surface area contributed by atoms with Crippen LogP contribution in [0, 0.1) is 0 Å². The van der Waals surface area contributed by atoms with Crippen molar-refractivity contribution in [1.82, 2.24) is 0 Å². The second-order valence-corrected chi connectivity index (χ2v) is 12.3. The molecule has 36 heavy (non-hydrogen) atoms. The highest BCUT2D eigenvalue weighted by atomic mass is 31.2. The molecule has 0 amide bonds. The molecule has 0 fully saturated rings. The number of rotatable bonds is 13. The van der Waals surface area contributed by atoms with Crippen molar-refractivity contribution in [2.45, 2.75) is 27.7 Å². The summed E-state index contributed by atoms with van der Waals surface area (Å²) in [5.41, 5.74) is 0. The summed E-state index contributed by atoms with van der Waals surface area (Å²) < 4.78 is 35.9. The minimum absolute atomic E-state index is 0.0779. The number of carbonyl (C=O) groups excluding carboxylic acids is 2. The van der Waals surface area contributed by atoms with Gasteiger partial charge < -0.3 is 27.6 Å². The van der Waals surface area contributed by atoms with Gasteiger partial charge in [0.15, 0.2) is 14.7 Å². The van der Waals surface area contributed by atoms with Crippen LogP contribution in [-0.4, -0.2) is 63.2 Å². The molecule has 0 heterocycles. The Morgan fingerprint density at radius 1 is 0.556 bits per heavy atom. The molecule has 0 spiro atoms. The van der Waals surface area contributed by atoms with Crippen molar-refractivity contribution in [2.75, 3.05) is 40.6 Å². The van der Waals surface area contributed by atoms with Gasteiger partial charge in [0, 0.05) is 10.6 Å². The van der Waals surface area contributed by atoms with Gasteiger partial charge in [-0.25, -0.2) is 9.59 Å². The smallest absolute Gasteiger partial charge is 0.343 e. The van der Waals surface area contributed by atoms with Gasteiger partial charge in [0.25, 0.3) is 0 Å². The van der Waals surface area contributed by atoms with Crippen LogP contribution in [0.15, 0.2) is 60.7 Å². The van der Waals surface area contributed by atoms with E-state index in [2.05, 4.69) is 0 Å². The molecule has 0 aliphatic rings. The molecular weight excluding hydrogens is 502 g/mol. The van der Waals surface area contributed by atoms with E-state index >= 15 is 0 Å². The second kappa shape index (κ2) is 14.5. The third-order valence-electron chi connectivity index (χ3n) is 5.01. The third kappa shape index (κ3) is 6.20. The predicted molar refractivity (Wildman–Crippen MR) is 147 cm³/mol. The lowest BCUT2D eigenvalue weighted by Crippen LogP contribution is -2.39. The quantitative estimate of drug-likeness (QED) is 0.277. The number of ether oxygens (including phenoxy) is 2. The highest BCUT2D eigenvalue weighted by Gasteiger charge is 2.44. The summed E-state index contributed by atoms with van der Waals surface area (Å²) in [6.45, 7) is 8.02. The zero-order chi connectivity index (χ0) is 26.6. The lowest BCUT2D eigenvalue weighted by Gasteiger charge is -2.33. The molecule has 0 aliphatic carbocycles. The Hall–Kier alpha value is -2.18. The van der Waals surface area contributed by atoms with E-state index in [4.69, 9.17) is 27.6 Å². The van der Waals surface area contributed by atoms with Gasteiger partial charge >= 0.3 is 11.9 Å². The summed E-state index contributed by atoms with van der Waals surface area (Å²) in [5, 5.41) is 1.06. The van der Waals surface area contributed by atoms with Gasteiger partial charge in [-0.2, -0.15) is 0 Å². The van der Waals surface area contributed by atoms with Crippen LogP contribution in [0.5, 0.6) is 0 Å². The fraction of sp³-hybridized carbons (Fsp3) is 0.385. The van der Waals surface area contributed by atoms with Crippen LogP contribution in [0.3, 0.4) is 0 Å². The number of carbonyl (C=O) groups is 2. The molecule has 0 saturated carbocycles. The molecule has 2 aromatic rings. The van der Waals surface area contributed by atoms with Gasteiger partial charge in [0.05, 0.1) is 40.6 Å². The van der Waals surface area contributed by atoms with Crippen LogP contribution in [-0.2, 0) is 37.2 Å². The molecule has 0 N–H and O–H groups in total. The molecule has 198 valence electrons. The SMILES string of the molecule is CCOP(OCC)(=C(C(=O)OC)C(C(=O)OC)=P(OCC)(OCC)c1ccccc1)c1ccccc1. The molecular formula is C26H36O8P2. The van der Waals surface area contributed by atoms with Crippen molar-refractivity contribution in [3.05, 3.63) is 60.7 Å². The maximum atomic E-state index is 13.7. The first-order valence-corrected chi connectivity index (χ1v) is 15.1. The molecule has 8 nitrogen and oxygen atoms in total. The van der Waals surface area contributed by atoms with E-state index in [9.17, 15) is 9.59 Å². The maximum absolute atomic E-state index is 13.7. The number of esters is 2. The first-order valence-electron chi connectivity index (χ1n) is 11.8. The predicted octanol–water partition coefficient (Wildman–Crippen LogP) is 4.17. The molecule has 0 aliphatic heterocycles. The number of hydrogen-bond donors (Lipinski definition) is 0. The minimum atomic E-state index is -3.45. The van der Waals surface area contributed by atoms with Gasteiger partial charge in [-0.05, 0) is 27.7 Å². The van der Waals surface area contributed by atoms with Crippen molar-refractivity contribution < 1.29 is 37.2 Å². The molecule has 10 heteroatoms. The Balaban J connectivity index is 3.39. The topological polar surface area (TPSA) is 89.5 Å². The standard InChI is InChI=1S/C26H36O8P2/c1-7-31-35(32-8-2,21-17-13-11-14-18-21)23(25(27)29-5)24(26(28)30-6)36(33-9-3,34-10-4)22-19-15-12-16-20-22/h11-20H,7-10H2,1-6H3. The Morgan fingerprint density at radius 3 is 1.06 bits per heavy atom. The zero-order valence-electron chi connectivity index (χ0n) is 21.8. The summed E-state index contributed by atoms with van der Waals surface area (Å²) in [6, 6.07) is 18.2. The summed E-state index contributed by atoms with van der Waals surface area (Å²) in [4.78, 5) is 27.4. The fourth-order valence-electron chi connectivity index (χ4n) is 3.77. The van der Waals surface area contributed by atoms with E-state index in [1.54, 1.807) is 52.0 Å². The average Bonchev–Trinajstić information content (AvgIpc) is 2.91. The molecule has 0 bridgehead atoms. The van der Waals surface area contributed by atoms with Crippen molar-refractivity contribution in [3.8, 4) is 0 Å². The van der Waals surface area contributed by atoms with Crippen molar-refractivity contribution in [1.29, 1.82) is 0 Å². The van der Waals surface area contributed by atoms with E-state index in [1.165, 1.54) is 14.2 Å². The van der Waals surface area contributed by atoms with Gasteiger partial charge in [0.2, 0.25) is 0 Å². The molecule has 2 rings (SSSR count). The van der Waals surface area contributed by atoms with Crippen LogP contribution in [0.2, 0.25) is 0 Å². The van der Waals surface area contributed by atoms with Gasteiger partial charge in [0.1, 0.15) is 10.6 Å². The molecule has 0 aromatic heterocycles. The van der Waals surface area contributed by atoms with Gasteiger partial charge in [-0.15, -0.1) is 0 Å². The molecule has 0 radical (unpaired) electrons. The highest BCUT2D eigenvalue weighted by Crippen LogP contribution is 2.56. The van der Waals surface area contributed by atoms with Crippen molar-refractivity contribution in [2.24, 2.45) is 0 Å². The Bertz CT molecular complexity index is 1000. The molecule has 0 unspecified atom stereocenters. The lowest BCUT2D eigenvalue weighted by atomic mass is 10.3. The third-order valence-corrected chi connectivity index (χ3v) is 11.6. The van der Waals surface area contributed by atoms with Crippen LogP contribution < -0.4 is 10.6 Å². The summed E-state index contributed by atoms with van der Waals surface area (Å²) >= 11 is 0. The van der Waals surface area contributed by atoms with E-state index in [0.29, 0.717) is 10.6 Å². The summed E-state index contributed by atoms with van der Waals surface area (Å²) in [5.74, 6) is -1.57. The number of hydrogen-bond acceptors (Lipinski definition) is 8. The molecule has 0 saturated heterocycles. The second-order valence-electron chi connectivity index (χ2n) is 7.13. The molecule has 2 aromatic carbocycles. The lowest BCUT2D eigenvalue weighted by molar-refractivity contribution is -0.134. The zero-order valence-corrected chi connectivity index (χ0v) is 23.6. The largest absolute Gasteiger partial charge is 0.465 e. The van der Waals surface area contributed by atoms with Crippen LogP contribution in [0.25, 0.3) is 0 Å². The minimum Gasteiger partial charge on any atom is -0.465 e. The monoisotopic (exact) mass is 538 g/mol. The van der Waals surface area contributed by atoms with E-state index in [-0.39, 0.29) is 37.0 Å². The van der Waals surface area contributed by atoms with Crippen LogP contribution in [0.4, 0.5) is 0 Å². The van der Waals surface area contributed by atoms with Gasteiger partial charge in [-0.3, -0.25) is 0 Å². The van der Waals surface area contributed by atoms with Crippen molar-refractivity contribution in [3.63, 3.8) is 0 Å². The molecule has 0 atom stereocenters. The van der Waals surface area contributed by atoms with E-state index < -0.39 is 26.6 Å². The normalized spacial score (nSPS) is 11.6. The summed E-state index contributed by atoms with van der Waals surface area (Å²) in [6.07, 6.45) is 0. The first-order chi connectivity index (χ1) is 17.4. The van der Waals surface area contributed by atoms with Crippen LogP contribution >= 0.6 is 14.7 Å². The Kier molecular flexibility index (Phi) is 12.1.